The van der Waals surface area contributed by atoms with Gasteiger partial charge < -0.3 is 5.32 Å². The number of aromatic nitrogens is 4. The highest BCUT2D eigenvalue weighted by Crippen LogP contribution is 2.00. The van der Waals surface area contributed by atoms with Gasteiger partial charge in [0.2, 0.25) is 0 Å². The average Bonchev–Trinajstić information content (AvgIpc) is 2.65. The van der Waals surface area contributed by atoms with Crippen LogP contribution in [-0.2, 0) is 13.0 Å². The fourth-order valence-corrected chi connectivity index (χ4v) is 1.32. The second-order valence-electron chi connectivity index (χ2n) is 2.94. The van der Waals surface area contributed by atoms with E-state index >= 15 is 0 Å². The third kappa shape index (κ3) is 3.02. The van der Waals surface area contributed by atoms with Crippen molar-refractivity contribution in [1.29, 1.82) is 0 Å². The standard InChI is InChI=1S/C8H15N5S/c1-3-13-7(10-11-12-13)5-4-6-8(14)9-2/h3-6H2,1-2H3,(H,9,14). The van der Waals surface area contributed by atoms with Gasteiger partial charge >= 0.3 is 0 Å². The quantitative estimate of drug-likeness (QED) is 0.724. The Balaban J connectivity index is 2.34. The first-order valence-electron chi connectivity index (χ1n) is 4.73. The SMILES string of the molecule is CCn1nnnc1CCCC(=S)NC. The van der Waals surface area contributed by atoms with Crippen LogP contribution in [0.15, 0.2) is 0 Å². The minimum absolute atomic E-state index is 0.818. The molecule has 0 spiro atoms. The highest BCUT2D eigenvalue weighted by Gasteiger charge is 2.03. The van der Waals surface area contributed by atoms with E-state index in [0.717, 1.165) is 36.6 Å². The van der Waals surface area contributed by atoms with Crippen molar-refractivity contribution in [2.45, 2.75) is 32.7 Å². The van der Waals surface area contributed by atoms with Crippen LogP contribution in [0.1, 0.15) is 25.6 Å². The largest absolute Gasteiger partial charge is 0.383 e. The van der Waals surface area contributed by atoms with Crippen LogP contribution >= 0.6 is 12.2 Å². The number of hydrogen-bond acceptors (Lipinski definition) is 4. The van der Waals surface area contributed by atoms with Crippen molar-refractivity contribution in [3.05, 3.63) is 5.82 Å². The Morgan fingerprint density at radius 3 is 3.00 bits per heavy atom. The van der Waals surface area contributed by atoms with Crippen molar-refractivity contribution >= 4 is 17.2 Å². The zero-order valence-electron chi connectivity index (χ0n) is 8.53. The van der Waals surface area contributed by atoms with Gasteiger partial charge in [-0.15, -0.1) is 5.10 Å². The van der Waals surface area contributed by atoms with E-state index in [9.17, 15) is 0 Å². The summed E-state index contributed by atoms with van der Waals surface area (Å²) in [5.41, 5.74) is 0. The van der Waals surface area contributed by atoms with Gasteiger partial charge in [0.25, 0.3) is 0 Å². The summed E-state index contributed by atoms with van der Waals surface area (Å²) < 4.78 is 1.81. The van der Waals surface area contributed by atoms with E-state index in [-0.39, 0.29) is 0 Å². The summed E-state index contributed by atoms with van der Waals surface area (Å²) in [4.78, 5) is 0.889. The normalized spacial score (nSPS) is 10.1. The van der Waals surface area contributed by atoms with E-state index in [1.165, 1.54) is 0 Å². The number of rotatable bonds is 5. The van der Waals surface area contributed by atoms with Crippen molar-refractivity contribution in [2.75, 3.05) is 7.05 Å². The van der Waals surface area contributed by atoms with E-state index < -0.39 is 0 Å². The fraction of sp³-hybridized carbons (Fsp3) is 0.750. The Hall–Kier alpha value is -1.04. The maximum atomic E-state index is 5.04. The Kier molecular flexibility index (Phi) is 4.45. The maximum Gasteiger partial charge on any atom is 0.151 e. The van der Waals surface area contributed by atoms with E-state index in [4.69, 9.17) is 12.2 Å². The first kappa shape index (κ1) is 11.0. The van der Waals surface area contributed by atoms with Crippen LogP contribution in [0.5, 0.6) is 0 Å². The lowest BCUT2D eigenvalue weighted by molar-refractivity contribution is 0.590. The molecule has 0 saturated carbocycles. The van der Waals surface area contributed by atoms with Crippen molar-refractivity contribution in [2.24, 2.45) is 0 Å². The van der Waals surface area contributed by atoms with Crippen LogP contribution < -0.4 is 5.32 Å². The molecule has 0 bridgehead atoms. The number of tetrazole rings is 1. The number of nitrogens with one attached hydrogen (secondary N) is 1. The summed E-state index contributed by atoms with van der Waals surface area (Å²) in [6.45, 7) is 2.84. The zero-order chi connectivity index (χ0) is 10.4. The molecule has 0 aliphatic rings. The van der Waals surface area contributed by atoms with Gasteiger partial charge in [-0.05, 0) is 30.2 Å². The molecule has 1 heterocycles. The summed E-state index contributed by atoms with van der Waals surface area (Å²) in [5.74, 6) is 0.936. The summed E-state index contributed by atoms with van der Waals surface area (Å²) >= 11 is 5.04. The Labute approximate surface area is 88.9 Å². The Bertz CT molecular complexity index is 296. The van der Waals surface area contributed by atoms with E-state index in [0.29, 0.717) is 0 Å². The van der Waals surface area contributed by atoms with Gasteiger partial charge in [0.15, 0.2) is 5.82 Å². The Morgan fingerprint density at radius 1 is 1.57 bits per heavy atom. The lowest BCUT2D eigenvalue weighted by atomic mass is 10.2. The molecule has 1 rings (SSSR count). The zero-order valence-corrected chi connectivity index (χ0v) is 9.34. The molecule has 6 heteroatoms. The minimum Gasteiger partial charge on any atom is -0.383 e. The summed E-state index contributed by atoms with van der Waals surface area (Å²) in [6.07, 6.45) is 2.76. The van der Waals surface area contributed by atoms with Crippen LogP contribution in [0.2, 0.25) is 0 Å². The van der Waals surface area contributed by atoms with Crippen LogP contribution in [0.25, 0.3) is 0 Å². The monoisotopic (exact) mass is 213 g/mol. The van der Waals surface area contributed by atoms with Gasteiger partial charge in [0.05, 0.1) is 4.99 Å². The molecule has 0 aliphatic carbocycles. The highest BCUT2D eigenvalue weighted by atomic mass is 32.1. The van der Waals surface area contributed by atoms with Crippen LogP contribution in [0.3, 0.4) is 0 Å². The van der Waals surface area contributed by atoms with Crippen LogP contribution in [-0.4, -0.2) is 32.2 Å². The molecule has 0 amide bonds. The van der Waals surface area contributed by atoms with Gasteiger partial charge in [-0.2, -0.15) is 0 Å². The number of aryl methyl sites for hydroxylation is 2. The molecule has 0 radical (unpaired) electrons. The van der Waals surface area contributed by atoms with Crippen molar-refractivity contribution in [3.8, 4) is 0 Å². The number of nitrogens with zero attached hydrogens (tertiary/aromatic N) is 4. The third-order valence-corrected chi connectivity index (χ3v) is 2.40. The number of hydrogen-bond donors (Lipinski definition) is 1. The lowest BCUT2D eigenvalue weighted by Crippen LogP contribution is -2.15. The molecular formula is C8H15N5S. The molecule has 78 valence electrons. The van der Waals surface area contributed by atoms with Crippen LogP contribution in [0.4, 0.5) is 0 Å². The van der Waals surface area contributed by atoms with Gasteiger partial charge in [-0.3, -0.25) is 0 Å². The van der Waals surface area contributed by atoms with Crippen molar-refractivity contribution < 1.29 is 0 Å². The summed E-state index contributed by atoms with van der Waals surface area (Å²) in [7, 11) is 1.85. The molecule has 1 aromatic heterocycles. The second-order valence-corrected chi connectivity index (χ2v) is 3.43. The van der Waals surface area contributed by atoms with Gasteiger partial charge in [0.1, 0.15) is 0 Å². The fourth-order valence-electron chi connectivity index (χ4n) is 1.18. The molecule has 0 fully saturated rings. The number of thiocarbonyl (C=S) groups is 1. The molecule has 0 unspecified atom stereocenters. The maximum absolute atomic E-state index is 5.04. The van der Waals surface area contributed by atoms with Crippen LogP contribution in [0, 0.1) is 0 Å². The third-order valence-electron chi connectivity index (χ3n) is 1.99. The smallest absolute Gasteiger partial charge is 0.151 e. The molecule has 0 aliphatic heterocycles. The Morgan fingerprint density at radius 2 is 2.36 bits per heavy atom. The van der Waals surface area contributed by atoms with E-state index in [1.807, 2.05) is 18.7 Å². The first-order valence-corrected chi connectivity index (χ1v) is 5.14. The molecule has 5 nitrogen and oxygen atoms in total. The molecular weight excluding hydrogens is 198 g/mol. The predicted octanol–water partition coefficient (Wildman–Crippen LogP) is 0.562. The summed E-state index contributed by atoms with van der Waals surface area (Å²) in [6, 6.07) is 0. The van der Waals surface area contributed by atoms with E-state index in [2.05, 4.69) is 20.8 Å². The predicted molar refractivity (Wildman–Crippen MR) is 58.1 cm³/mol. The molecule has 0 aromatic carbocycles. The molecule has 1 N–H and O–H groups in total. The van der Waals surface area contributed by atoms with Crippen molar-refractivity contribution in [3.63, 3.8) is 0 Å². The van der Waals surface area contributed by atoms with Gasteiger partial charge in [0, 0.05) is 20.0 Å². The molecule has 0 atom stereocenters. The van der Waals surface area contributed by atoms with Crippen molar-refractivity contribution in [1.82, 2.24) is 25.5 Å². The highest BCUT2D eigenvalue weighted by molar-refractivity contribution is 7.80. The van der Waals surface area contributed by atoms with E-state index in [1.54, 1.807) is 0 Å². The first-order chi connectivity index (χ1) is 6.77. The molecule has 14 heavy (non-hydrogen) atoms. The average molecular weight is 213 g/mol. The molecule has 1 aromatic rings. The minimum atomic E-state index is 0.818. The van der Waals surface area contributed by atoms with Gasteiger partial charge in [-0.1, -0.05) is 12.2 Å². The molecule has 0 saturated heterocycles. The lowest BCUT2D eigenvalue weighted by Gasteiger charge is -2.02. The van der Waals surface area contributed by atoms with Gasteiger partial charge in [-0.25, -0.2) is 4.68 Å². The topological polar surface area (TPSA) is 55.6 Å². The summed E-state index contributed by atoms with van der Waals surface area (Å²) in [5, 5.41) is 14.4. The second kappa shape index (κ2) is 5.64.